The van der Waals surface area contributed by atoms with E-state index in [1.54, 1.807) is 43.9 Å². The molecule has 5 aliphatic rings. The molecule has 0 aliphatic carbocycles. The molecule has 0 spiro atoms. The van der Waals surface area contributed by atoms with Gasteiger partial charge in [0.2, 0.25) is 0 Å². The van der Waals surface area contributed by atoms with Gasteiger partial charge < -0.3 is 38.2 Å². The van der Waals surface area contributed by atoms with E-state index < -0.39 is 28.2 Å². The van der Waals surface area contributed by atoms with Gasteiger partial charge in [0, 0.05) is 61.0 Å². The lowest BCUT2D eigenvalue weighted by molar-refractivity contribution is -0.123. The number of benzene rings is 2. The Morgan fingerprint density at radius 1 is 0.516 bits per heavy atom. The minimum Gasteiger partial charge on any atom is -0.490 e. The van der Waals surface area contributed by atoms with Crippen LogP contribution in [-0.4, -0.2) is 128 Å². The first kappa shape index (κ1) is 45.9. The number of anilines is 2. The molecule has 0 unspecified atom stereocenters. The van der Waals surface area contributed by atoms with Crippen molar-refractivity contribution in [2.45, 2.75) is 128 Å². The third-order valence-electron chi connectivity index (χ3n) is 12.3. The van der Waals surface area contributed by atoms with Crippen LogP contribution in [0.3, 0.4) is 0 Å². The van der Waals surface area contributed by atoms with Gasteiger partial charge >= 0.3 is 0 Å². The molecule has 2 atom stereocenters. The van der Waals surface area contributed by atoms with E-state index in [4.69, 9.17) is 28.4 Å². The lowest BCUT2D eigenvalue weighted by atomic mass is 10.1. The standard InChI is InChI=1S/C46H68N4O10Si2/c1-61(2,3)25-23-55-31-49-37-29-41-39(27-33(37)43(51)47-17-12-15-35(47)45(49)53)57-19-10-8-7-9-11-20-58-40-28-34-38(30-42(40)60-22-14-21-59-41)50(32-56-24-26-62(4,5)6)46(54)36-16-13-18-48(36)44(34)52/h27-30,35-36H,7-26,31-32H2,1-6H3/t35-,36-/m0/s1. The van der Waals surface area contributed by atoms with Gasteiger partial charge in [-0.3, -0.25) is 29.0 Å². The van der Waals surface area contributed by atoms with Gasteiger partial charge in [-0.05, 0) is 62.7 Å². The predicted molar refractivity (Wildman–Crippen MR) is 244 cm³/mol. The predicted octanol–water partition coefficient (Wildman–Crippen LogP) is 7.78. The molecule has 0 saturated carbocycles. The molecule has 340 valence electrons. The van der Waals surface area contributed by atoms with Crippen LogP contribution in [0.1, 0.15) is 84.9 Å². The van der Waals surface area contributed by atoms with E-state index >= 15 is 0 Å². The Morgan fingerprint density at radius 2 is 0.887 bits per heavy atom. The summed E-state index contributed by atoms with van der Waals surface area (Å²) in [5.74, 6) is 1.16. The Labute approximate surface area is 369 Å². The summed E-state index contributed by atoms with van der Waals surface area (Å²) in [7, 11) is -2.74. The molecule has 5 heterocycles. The van der Waals surface area contributed by atoms with Crippen molar-refractivity contribution < 1.29 is 47.6 Å². The molecule has 4 amide bonds. The topological polar surface area (TPSA) is 137 Å². The molecule has 2 saturated heterocycles. The van der Waals surface area contributed by atoms with E-state index in [1.807, 2.05) is 0 Å². The van der Waals surface area contributed by atoms with Crippen molar-refractivity contribution in [2.24, 2.45) is 0 Å². The largest absolute Gasteiger partial charge is 0.490 e. The summed E-state index contributed by atoms with van der Waals surface area (Å²) in [6.45, 7) is 17.3. The fraction of sp³-hybridized carbons (Fsp3) is 0.652. The normalized spacial score (nSPS) is 21.7. The Kier molecular flexibility index (Phi) is 14.9. The molecule has 2 aromatic carbocycles. The van der Waals surface area contributed by atoms with Crippen LogP contribution in [-0.2, 0) is 19.1 Å². The van der Waals surface area contributed by atoms with Crippen molar-refractivity contribution in [1.82, 2.24) is 9.80 Å². The van der Waals surface area contributed by atoms with Crippen molar-refractivity contribution in [3.05, 3.63) is 35.4 Å². The molecule has 7 rings (SSSR count). The number of amides is 4. The first-order valence-corrected chi connectivity index (χ1v) is 30.4. The van der Waals surface area contributed by atoms with Gasteiger partial charge in [0.15, 0.2) is 23.0 Å². The maximum atomic E-state index is 14.1. The summed E-state index contributed by atoms with van der Waals surface area (Å²) in [5.41, 5.74) is 1.75. The van der Waals surface area contributed by atoms with Crippen molar-refractivity contribution in [1.29, 1.82) is 0 Å². The van der Waals surface area contributed by atoms with E-state index in [1.165, 1.54) is 0 Å². The maximum absolute atomic E-state index is 14.1. The lowest BCUT2D eigenvalue weighted by Crippen LogP contribution is -2.45. The van der Waals surface area contributed by atoms with Crippen molar-refractivity contribution in [3.63, 3.8) is 0 Å². The van der Waals surface area contributed by atoms with Crippen molar-refractivity contribution in [3.8, 4) is 23.0 Å². The van der Waals surface area contributed by atoms with Crippen LogP contribution in [0, 0.1) is 0 Å². The number of hydrogen-bond donors (Lipinski definition) is 0. The van der Waals surface area contributed by atoms with E-state index in [0.717, 1.165) is 57.0 Å². The van der Waals surface area contributed by atoms with Crippen LogP contribution >= 0.6 is 0 Å². The number of rotatable bonds is 10. The van der Waals surface area contributed by atoms with Gasteiger partial charge in [-0.2, -0.15) is 0 Å². The highest BCUT2D eigenvalue weighted by Crippen LogP contribution is 2.42. The second-order valence-corrected chi connectivity index (χ2v) is 30.9. The fourth-order valence-electron chi connectivity index (χ4n) is 8.64. The number of fused-ring (bicyclic) bond motifs is 6. The minimum absolute atomic E-state index is 0.0461. The quantitative estimate of drug-likeness (QED) is 0.172. The number of carbonyl (C=O) groups is 4. The second kappa shape index (κ2) is 20.1. The summed E-state index contributed by atoms with van der Waals surface area (Å²) in [6.07, 6.45) is 7.71. The summed E-state index contributed by atoms with van der Waals surface area (Å²) < 4.78 is 37.9. The molecule has 62 heavy (non-hydrogen) atoms. The number of nitrogens with zero attached hydrogens (tertiary/aromatic N) is 4. The van der Waals surface area contributed by atoms with Gasteiger partial charge in [0.1, 0.15) is 25.5 Å². The van der Waals surface area contributed by atoms with Gasteiger partial charge in [-0.1, -0.05) is 58.5 Å². The summed E-state index contributed by atoms with van der Waals surface area (Å²) in [6, 6.07) is 7.88. The molecule has 5 aliphatic heterocycles. The highest BCUT2D eigenvalue weighted by atomic mass is 28.3. The summed E-state index contributed by atoms with van der Waals surface area (Å²) in [5, 5.41) is 0. The van der Waals surface area contributed by atoms with E-state index in [-0.39, 0.29) is 50.3 Å². The zero-order chi connectivity index (χ0) is 44.0. The van der Waals surface area contributed by atoms with Crippen LogP contribution in [0.4, 0.5) is 11.4 Å². The molecule has 0 bridgehead atoms. The van der Waals surface area contributed by atoms with Crippen LogP contribution in [0.5, 0.6) is 23.0 Å². The fourth-order valence-corrected chi connectivity index (χ4v) is 10.1. The average Bonchev–Trinajstić information content (AvgIpc) is 3.90. The van der Waals surface area contributed by atoms with Gasteiger partial charge in [-0.15, -0.1) is 0 Å². The van der Waals surface area contributed by atoms with Crippen molar-refractivity contribution >= 4 is 51.2 Å². The smallest absolute Gasteiger partial charge is 0.256 e. The Morgan fingerprint density at radius 3 is 1.29 bits per heavy atom. The zero-order valence-electron chi connectivity index (χ0n) is 37.9. The molecular formula is C46H68N4O10Si2. The summed E-state index contributed by atoms with van der Waals surface area (Å²) >= 11 is 0. The highest BCUT2D eigenvalue weighted by molar-refractivity contribution is 6.76. The van der Waals surface area contributed by atoms with Gasteiger partial charge in [0.05, 0.1) is 48.9 Å². The van der Waals surface area contributed by atoms with Crippen LogP contribution in [0.2, 0.25) is 51.4 Å². The van der Waals surface area contributed by atoms with Crippen LogP contribution in [0.15, 0.2) is 24.3 Å². The first-order valence-electron chi connectivity index (χ1n) is 23.0. The molecule has 2 fully saturated rings. The van der Waals surface area contributed by atoms with E-state index in [9.17, 15) is 19.2 Å². The Bertz CT molecular complexity index is 1820. The van der Waals surface area contributed by atoms with E-state index in [0.29, 0.717) is 104 Å². The van der Waals surface area contributed by atoms with E-state index in [2.05, 4.69) is 39.3 Å². The molecule has 16 heteroatoms. The maximum Gasteiger partial charge on any atom is 0.256 e. The van der Waals surface area contributed by atoms with Gasteiger partial charge in [-0.25, -0.2) is 0 Å². The Hall–Kier alpha value is -4.13. The highest BCUT2D eigenvalue weighted by Gasteiger charge is 2.44. The van der Waals surface area contributed by atoms with Crippen LogP contribution < -0.4 is 28.7 Å². The molecule has 14 nitrogen and oxygen atoms in total. The number of ether oxygens (including phenoxy) is 6. The third kappa shape index (κ3) is 11.0. The number of hydrogen-bond acceptors (Lipinski definition) is 10. The zero-order valence-corrected chi connectivity index (χ0v) is 39.9. The molecule has 0 N–H and O–H groups in total. The Balaban J connectivity index is 1.14. The molecule has 2 aromatic rings. The SMILES string of the molecule is C[Si](C)(C)CCOCN1C(=O)[C@@H]2CCCN2C(=O)c2cc3c(cc21)OCCCOc1cc2c(cc1OCCCCCCCO3)C(=O)N1CCC[C@H]1C(=O)N2COCC[Si](C)(C)C. The average molecular weight is 893 g/mol. The summed E-state index contributed by atoms with van der Waals surface area (Å²) in [4.78, 5) is 63.1. The van der Waals surface area contributed by atoms with Gasteiger partial charge in [0.25, 0.3) is 23.6 Å². The third-order valence-corrected chi connectivity index (χ3v) is 15.7. The lowest BCUT2D eigenvalue weighted by Gasteiger charge is -2.27. The number of carbonyl (C=O) groups excluding carboxylic acids is 4. The second-order valence-electron chi connectivity index (χ2n) is 19.7. The first-order chi connectivity index (χ1) is 29.7. The molecule has 0 radical (unpaired) electrons. The van der Waals surface area contributed by atoms with Crippen LogP contribution in [0.25, 0.3) is 0 Å². The molecular weight excluding hydrogens is 825 g/mol. The monoisotopic (exact) mass is 892 g/mol. The molecule has 0 aromatic heterocycles. The minimum atomic E-state index is -1.37. The van der Waals surface area contributed by atoms with Crippen molar-refractivity contribution in [2.75, 3.05) is 76.0 Å².